The Balaban J connectivity index is 5.75. The normalized spacial score (nSPS) is 16.0. The van der Waals surface area contributed by atoms with Gasteiger partial charge in [-0.15, -0.1) is 0 Å². The van der Waals surface area contributed by atoms with Crippen LogP contribution in [0.3, 0.4) is 0 Å². The van der Waals surface area contributed by atoms with Crippen LogP contribution in [-0.4, -0.2) is 108 Å². The number of nitrogens with one attached hydrogen (secondary N) is 6. The van der Waals surface area contributed by atoms with Gasteiger partial charge in [-0.25, -0.2) is 0 Å². The van der Waals surface area contributed by atoms with Crippen molar-refractivity contribution in [2.75, 3.05) is 25.1 Å². The van der Waals surface area contributed by atoms with Crippen molar-refractivity contribution in [3.05, 3.63) is 0 Å². The van der Waals surface area contributed by atoms with Gasteiger partial charge in [0.15, 0.2) is 0 Å². The predicted molar refractivity (Wildman–Crippen MR) is 194 cm³/mol. The Labute approximate surface area is 300 Å². The summed E-state index contributed by atoms with van der Waals surface area (Å²) < 4.78 is 0. The fourth-order valence-electron chi connectivity index (χ4n) is 4.64. The van der Waals surface area contributed by atoms with Crippen molar-refractivity contribution in [1.29, 1.82) is 0 Å². The molecule has 0 radical (unpaired) electrons. The first-order valence-corrected chi connectivity index (χ1v) is 18.8. The van der Waals surface area contributed by atoms with Crippen molar-refractivity contribution in [3.8, 4) is 0 Å². The van der Waals surface area contributed by atoms with Gasteiger partial charge in [0.2, 0.25) is 35.4 Å². The molecular formula is C33H62N8O8S. The molecule has 11 N–H and O–H groups in total. The standard InChI is InChI=1S/C33H62N8O8S/c1-9-19(5)26(32(47)41-27(20(6)10-2)31(46)37-21(7)33(48)49)40-24(42)17-36-28(43)23(14-16-50-8)38-29(44)22(13-11-12-15-34)39-30(45)25(35)18(3)4/h18-23,25-27H,9-17,34-35H2,1-8H3,(H,36,43)(H,37,46)(H,38,44)(H,39,45)(H,40,42)(H,41,47)(H,48,49)/t19-,20-,21+,22+,23+,25+,26+,27+/m0/s1. The Bertz CT molecular complexity index is 1130. The summed E-state index contributed by atoms with van der Waals surface area (Å²) in [5.41, 5.74) is 11.6. The van der Waals surface area contributed by atoms with Crippen LogP contribution in [0.4, 0.5) is 0 Å². The zero-order valence-electron chi connectivity index (χ0n) is 30.9. The van der Waals surface area contributed by atoms with E-state index in [4.69, 9.17) is 11.5 Å². The zero-order chi connectivity index (χ0) is 38.6. The molecule has 0 aliphatic rings. The van der Waals surface area contributed by atoms with Gasteiger partial charge in [0.1, 0.15) is 30.2 Å². The van der Waals surface area contributed by atoms with Crippen molar-refractivity contribution < 1.29 is 38.7 Å². The van der Waals surface area contributed by atoms with Crippen LogP contribution in [0.2, 0.25) is 0 Å². The van der Waals surface area contributed by atoms with Gasteiger partial charge in [0.25, 0.3) is 0 Å². The van der Waals surface area contributed by atoms with E-state index in [-0.39, 0.29) is 30.6 Å². The molecule has 16 nitrogen and oxygen atoms in total. The van der Waals surface area contributed by atoms with E-state index in [0.29, 0.717) is 38.0 Å². The third-order valence-electron chi connectivity index (χ3n) is 8.60. The van der Waals surface area contributed by atoms with Gasteiger partial charge in [0, 0.05) is 0 Å². The molecule has 50 heavy (non-hydrogen) atoms. The summed E-state index contributed by atoms with van der Waals surface area (Å²) in [6.07, 6.45) is 4.56. The zero-order valence-corrected chi connectivity index (χ0v) is 31.7. The quantitative estimate of drug-likeness (QED) is 0.0545. The number of carbonyl (C=O) groups is 7. The van der Waals surface area contributed by atoms with E-state index in [9.17, 15) is 38.7 Å². The fraction of sp³-hybridized carbons (Fsp3) is 0.788. The Hall–Kier alpha value is -3.44. The Morgan fingerprint density at radius 3 is 1.70 bits per heavy atom. The molecule has 0 heterocycles. The monoisotopic (exact) mass is 730 g/mol. The number of carbonyl (C=O) groups excluding carboxylic acids is 6. The average molecular weight is 731 g/mol. The Morgan fingerprint density at radius 1 is 0.680 bits per heavy atom. The molecule has 0 aromatic carbocycles. The van der Waals surface area contributed by atoms with E-state index in [1.165, 1.54) is 18.7 Å². The molecule has 0 aromatic rings. The minimum Gasteiger partial charge on any atom is -0.480 e. The van der Waals surface area contributed by atoms with Crippen LogP contribution >= 0.6 is 11.8 Å². The molecule has 288 valence electrons. The minimum absolute atomic E-state index is 0.159. The number of thioether (sulfide) groups is 1. The molecule has 8 atom stereocenters. The number of amides is 6. The summed E-state index contributed by atoms with van der Waals surface area (Å²) in [4.78, 5) is 89.9. The van der Waals surface area contributed by atoms with Gasteiger partial charge in [0.05, 0.1) is 12.6 Å². The minimum atomic E-state index is -1.23. The molecule has 0 aliphatic carbocycles. The number of aliphatic carboxylic acids is 1. The second-order valence-corrected chi connectivity index (χ2v) is 14.0. The van der Waals surface area contributed by atoms with Gasteiger partial charge in [-0.05, 0) is 68.9 Å². The van der Waals surface area contributed by atoms with Crippen LogP contribution < -0.4 is 43.4 Å². The molecule has 0 aromatic heterocycles. The van der Waals surface area contributed by atoms with Crippen molar-refractivity contribution in [2.45, 2.75) is 123 Å². The highest BCUT2D eigenvalue weighted by atomic mass is 32.2. The van der Waals surface area contributed by atoms with E-state index in [0.717, 1.165) is 0 Å². The first-order valence-electron chi connectivity index (χ1n) is 17.4. The summed E-state index contributed by atoms with van der Waals surface area (Å²) in [5.74, 6) is -5.23. The second kappa shape index (κ2) is 24.7. The van der Waals surface area contributed by atoms with Crippen LogP contribution in [-0.2, 0) is 33.6 Å². The summed E-state index contributed by atoms with van der Waals surface area (Å²) in [5, 5.41) is 24.8. The highest BCUT2D eigenvalue weighted by molar-refractivity contribution is 7.98. The molecule has 0 bridgehead atoms. The molecule has 6 amide bonds. The van der Waals surface area contributed by atoms with Crippen LogP contribution in [0, 0.1) is 17.8 Å². The number of unbranched alkanes of at least 4 members (excludes halogenated alkanes) is 1. The predicted octanol–water partition coefficient (Wildman–Crippen LogP) is -0.411. The third-order valence-corrected chi connectivity index (χ3v) is 9.25. The maximum Gasteiger partial charge on any atom is 0.325 e. The maximum absolute atomic E-state index is 13.4. The molecule has 0 unspecified atom stereocenters. The highest BCUT2D eigenvalue weighted by Crippen LogP contribution is 2.13. The lowest BCUT2D eigenvalue weighted by Crippen LogP contribution is -2.59. The Kier molecular flexibility index (Phi) is 23.0. The molecule has 0 rings (SSSR count). The van der Waals surface area contributed by atoms with Gasteiger partial charge in [-0.3, -0.25) is 33.6 Å². The third kappa shape index (κ3) is 17.0. The highest BCUT2D eigenvalue weighted by Gasteiger charge is 2.34. The van der Waals surface area contributed by atoms with E-state index >= 15 is 0 Å². The first kappa shape index (κ1) is 46.6. The molecule has 0 aliphatic heterocycles. The van der Waals surface area contributed by atoms with Crippen LogP contribution in [0.15, 0.2) is 0 Å². The van der Waals surface area contributed by atoms with E-state index in [1.807, 2.05) is 20.1 Å². The summed E-state index contributed by atoms with van der Waals surface area (Å²) in [6.45, 7) is 11.9. The van der Waals surface area contributed by atoms with Crippen molar-refractivity contribution in [2.24, 2.45) is 29.2 Å². The van der Waals surface area contributed by atoms with Crippen LogP contribution in [0.1, 0.15) is 87.0 Å². The van der Waals surface area contributed by atoms with Crippen LogP contribution in [0.25, 0.3) is 0 Å². The number of hydrogen-bond donors (Lipinski definition) is 9. The molecule has 0 saturated carbocycles. The number of rotatable bonds is 25. The largest absolute Gasteiger partial charge is 0.480 e. The Morgan fingerprint density at radius 2 is 1.20 bits per heavy atom. The molecule has 0 saturated heterocycles. The lowest BCUT2D eigenvalue weighted by Gasteiger charge is -2.29. The average Bonchev–Trinajstić information content (AvgIpc) is 3.08. The van der Waals surface area contributed by atoms with Crippen LogP contribution in [0.5, 0.6) is 0 Å². The fourth-order valence-corrected chi connectivity index (χ4v) is 5.11. The second-order valence-electron chi connectivity index (χ2n) is 13.0. The summed E-state index contributed by atoms with van der Waals surface area (Å²) in [6, 6.07) is -6.09. The molecule has 17 heteroatoms. The van der Waals surface area contributed by atoms with Crippen molar-refractivity contribution in [3.63, 3.8) is 0 Å². The topological polar surface area (TPSA) is 264 Å². The SMILES string of the molecule is CC[C@H](C)[C@@H](NC(=O)CNC(=O)[C@@H](CCSC)NC(=O)[C@@H](CCCCN)NC(=O)[C@H](N)C(C)C)C(=O)N[C@@H](C(=O)N[C@H](C)C(=O)O)[C@@H](C)CC. The van der Waals surface area contributed by atoms with Gasteiger partial charge in [-0.1, -0.05) is 54.4 Å². The lowest BCUT2D eigenvalue weighted by atomic mass is 9.94. The summed E-state index contributed by atoms with van der Waals surface area (Å²) in [7, 11) is 0. The van der Waals surface area contributed by atoms with E-state index < -0.39 is 84.2 Å². The summed E-state index contributed by atoms with van der Waals surface area (Å²) >= 11 is 1.46. The number of hydrogen-bond acceptors (Lipinski definition) is 10. The van der Waals surface area contributed by atoms with Gasteiger partial charge < -0.3 is 48.5 Å². The molecular weight excluding hydrogens is 668 g/mol. The molecule has 0 spiro atoms. The number of carboxylic acids is 1. The van der Waals surface area contributed by atoms with Gasteiger partial charge >= 0.3 is 5.97 Å². The van der Waals surface area contributed by atoms with E-state index in [1.54, 1.807) is 27.7 Å². The number of carboxylic acid groups (broad SMARTS) is 1. The smallest absolute Gasteiger partial charge is 0.325 e. The van der Waals surface area contributed by atoms with Gasteiger partial charge in [-0.2, -0.15) is 11.8 Å². The lowest BCUT2D eigenvalue weighted by molar-refractivity contribution is -0.142. The van der Waals surface area contributed by atoms with E-state index in [2.05, 4.69) is 31.9 Å². The molecule has 0 fully saturated rings. The van der Waals surface area contributed by atoms with Crippen molar-refractivity contribution >= 4 is 53.2 Å². The maximum atomic E-state index is 13.4. The van der Waals surface area contributed by atoms with Crippen molar-refractivity contribution in [1.82, 2.24) is 31.9 Å². The first-order chi connectivity index (χ1) is 23.4. The number of nitrogens with two attached hydrogens (primary N) is 2.